The summed E-state index contributed by atoms with van der Waals surface area (Å²) in [4.78, 5) is 12.4. The topological polar surface area (TPSA) is 59.6 Å². The zero-order valence-corrected chi connectivity index (χ0v) is 15.6. The zero-order chi connectivity index (χ0) is 17.9. The van der Waals surface area contributed by atoms with Gasteiger partial charge in [-0.1, -0.05) is 26.8 Å². The molecule has 0 radical (unpaired) electrons. The van der Waals surface area contributed by atoms with Crippen molar-refractivity contribution in [3.05, 3.63) is 23.8 Å². The van der Waals surface area contributed by atoms with Crippen LogP contribution in [0.25, 0.3) is 0 Å². The molecule has 5 heteroatoms. The third-order valence-corrected chi connectivity index (χ3v) is 5.58. The largest absolute Gasteiger partial charge is 0.454 e. The van der Waals surface area contributed by atoms with E-state index >= 15 is 0 Å². The van der Waals surface area contributed by atoms with Crippen molar-refractivity contribution in [3.8, 4) is 11.5 Å². The van der Waals surface area contributed by atoms with E-state index in [0.29, 0.717) is 24.8 Å². The van der Waals surface area contributed by atoms with Gasteiger partial charge in [0.15, 0.2) is 11.5 Å². The van der Waals surface area contributed by atoms with Crippen LogP contribution in [0.4, 0.5) is 0 Å². The van der Waals surface area contributed by atoms with E-state index < -0.39 is 0 Å². The molecule has 2 aliphatic rings. The maximum absolute atomic E-state index is 12.4. The fourth-order valence-electron chi connectivity index (χ4n) is 3.68. The Kier molecular flexibility index (Phi) is 5.52. The lowest BCUT2D eigenvalue weighted by Crippen LogP contribution is -2.38. The minimum atomic E-state index is -0.158. The first-order chi connectivity index (χ1) is 12.0. The maximum Gasteiger partial charge on any atom is 0.231 e. The van der Waals surface area contributed by atoms with Crippen LogP contribution in [0.1, 0.15) is 45.6 Å². The molecular weight excluding hydrogens is 316 g/mol. The van der Waals surface area contributed by atoms with E-state index in [0.717, 1.165) is 30.2 Å². The second-order valence-electron chi connectivity index (χ2n) is 8.00. The maximum atomic E-state index is 12.4. The minimum Gasteiger partial charge on any atom is -0.454 e. The summed E-state index contributed by atoms with van der Waals surface area (Å²) in [6.07, 6.45) is 2.97. The van der Waals surface area contributed by atoms with Crippen LogP contribution in [0.3, 0.4) is 0 Å². The van der Waals surface area contributed by atoms with E-state index in [1.165, 1.54) is 12.8 Å². The highest BCUT2D eigenvalue weighted by molar-refractivity contribution is 5.76. The Morgan fingerprint density at radius 3 is 2.76 bits per heavy atom. The van der Waals surface area contributed by atoms with Gasteiger partial charge in [0, 0.05) is 18.4 Å². The molecule has 1 unspecified atom stereocenters. The van der Waals surface area contributed by atoms with Gasteiger partial charge in [0.05, 0.1) is 0 Å². The van der Waals surface area contributed by atoms with Crippen molar-refractivity contribution in [2.75, 3.05) is 26.4 Å². The predicted molar refractivity (Wildman–Crippen MR) is 98.0 cm³/mol. The van der Waals surface area contributed by atoms with Gasteiger partial charge in [0.25, 0.3) is 0 Å². The molecule has 0 aromatic heterocycles. The summed E-state index contributed by atoms with van der Waals surface area (Å²) in [6, 6.07) is 6.02. The highest BCUT2D eigenvalue weighted by atomic mass is 16.7. The molecule has 1 aromatic carbocycles. The number of carbonyl (C=O) groups is 1. The number of amides is 1. The van der Waals surface area contributed by atoms with Crippen LogP contribution in [0.5, 0.6) is 11.5 Å². The van der Waals surface area contributed by atoms with E-state index in [9.17, 15) is 4.79 Å². The second-order valence-corrected chi connectivity index (χ2v) is 8.00. The Hall–Kier alpha value is -1.75. The van der Waals surface area contributed by atoms with Crippen LogP contribution in [0, 0.1) is 11.8 Å². The fourth-order valence-corrected chi connectivity index (χ4v) is 3.68. The van der Waals surface area contributed by atoms with Crippen molar-refractivity contribution in [2.45, 2.75) is 45.4 Å². The van der Waals surface area contributed by atoms with Gasteiger partial charge in [0.2, 0.25) is 12.7 Å². The van der Waals surface area contributed by atoms with Crippen LogP contribution in [-0.2, 0) is 10.2 Å². The van der Waals surface area contributed by atoms with Crippen LogP contribution in [0.15, 0.2) is 18.2 Å². The standard InChI is InChI=1S/C20H30N2O3/c1-14(15-6-8-21-9-7-15)10-19(23)22-12-20(2,3)16-4-5-17-18(11-16)25-13-24-17/h4-5,11,14-15,21H,6-10,12-13H2,1-3H3,(H,22,23). The van der Waals surface area contributed by atoms with E-state index in [4.69, 9.17) is 9.47 Å². The van der Waals surface area contributed by atoms with E-state index in [2.05, 4.69) is 37.5 Å². The van der Waals surface area contributed by atoms with Crippen LogP contribution in [0.2, 0.25) is 0 Å². The Labute approximate surface area is 150 Å². The molecule has 1 fully saturated rings. The molecule has 0 aliphatic carbocycles. The lowest BCUT2D eigenvalue weighted by molar-refractivity contribution is -0.122. The lowest BCUT2D eigenvalue weighted by Gasteiger charge is -2.29. The molecule has 138 valence electrons. The summed E-state index contributed by atoms with van der Waals surface area (Å²) < 4.78 is 10.8. The van der Waals surface area contributed by atoms with Crippen molar-refractivity contribution in [3.63, 3.8) is 0 Å². The van der Waals surface area contributed by atoms with Crippen molar-refractivity contribution >= 4 is 5.91 Å². The third kappa shape index (κ3) is 4.46. The summed E-state index contributed by atoms with van der Waals surface area (Å²) in [5, 5.41) is 6.52. The average molecular weight is 346 g/mol. The Morgan fingerprint density at radius 1 is 1.28 bits per heavy atom. The minimum absolute atomic E-state index is 0.153. The number of benzene rings is 1. The molecule has 1 aromatic rings. The Morgan fingerprint density at radius 2 is 2.00 bits per heavy atom. The number of ether oxygens (including phenoxy) is 2. The van der Waals surface area contributed by atoms with Crippen LogP contribution in [-0.4, -0.2) is 32.3 Å². The van der Waals surface area contributed by atoms with Gasteiger partial charge in [-0.05, 0) is 55.5 Å². The molecule has 2 heterocycles. The first-order valence-corrected chi connectivity index (χ1v) is 9.33. The number of rotatable bonds is 6. The van der Waals surface area contributed by atoms with Gasteiger partial charge in [0.1, 0.15) is 0 Å². The van der Waals surface area contributed by atoms with E-state index in [1.54, 1.807) is 0 Å². The Balaban J connectivity index is 1.51. The lowest BCUT2D eigenvalue weighted by atomic mass is 9.83. The van der Waals surface area contributed by atoms with Gasteiger partial charge in [-0.15, -0.1) is 0 Å². The molecule has 3 rings (SSSR count). The summed E-state index contributed by atoms with van der Waals surface area (Å²) in [5.41, 5.74) is 0.984. The molecule has 0 spiro atoms. The SMILES string of the molecule is CC(CC(=O)NCC(C)(C)c1ccc2c(c1)OCO2)C1CCNCC1. The summed E-state index contributed by atoms with van der Waals surface area (Å²) in [7, 11) is 0. The molecule has 1 atom stereocenters. The van der Waals surface area contributed by atoms with Crippen molar-refractivity contribution < 1.29 is 14.3 Å². The molecule has 1 amide bonds. The highest BCUT2D eigenvalue weighted by Gasteiger charge is 2.26. The van der Waals surface area contributed by atoms with Gasteiger partial charge < -0.3 is 20.1 Å². The zero-order valence-electron chi connectivity index (χ0n) is 15.6. The smallest absolute Gasteiger partial charge is 0.231 e. The van der Waals surface area contributed by atoms with Gasteiger partial charge in [-0.3, -0.25) is 4.79 Å². The van der Waals surface area contributed by atoms with Crippen LogP contribution < -0.4 is 20.1 Å². The molecule has 2 aliphatic heterocycles. The molecular formula is C20H30N2O3. The molecule has 5 nitrogen and oxygen atoms in total. The Bertz CT molecular complexity index is 609. The van der Waals surface area contributed by atoms with Crippen LogP contribution >= 0.6 is 0 Å². The first-order valence-electron chi connectivity index (χ1n) is 9.33. The summed E-state index contributed by atoms with van der Waals surface area (Å²) in [6.45, 7) is 9.54. The quantitative estimate of drug-likeness (QED) is 0.832. The van der Waals surface area contributed by atoms with Crippen molar-refractivity contribution in [1.29, 1.82) is 0 Å². The van der Waals surface area contributed by atoms with Gasteiger partial charge >= 0.3 is 0 Å². The normalized spacial score (nSPS) is 18.8. The highest BCUT2D eigenvalue weighted by Crippen LogP contribution is 2.36. The fraction of sp³-hybridized carbons (Fsp3) is 0.650. The van der Waals surface area contributed by atoms with E-state index in [-0.39, 0.29) is 18.1 Å². The summed E-state index contributed by atoms with van der Waals surface area (Å²) >= 11 is 0. The number of piperidine rings is 1. The number of fused-ring (bicyclic) bond motifs is 1. The van der Waals surface area contributed by atoms with Crippen molar-refractivity contribution in [1.82, 2.24) is 10.6 Å². The number of hydrogen-bond acceptors (Lipinski definition) is 4. The molecule has 1 saturated heterocycles. The van der Waals surface area contributed by atoms with Gasteiger partial charge in [-0.25, -0.2) is 0 Å². The number of carbonyl (C=O) groups excluding carboxylic acids is 1. The monoisotopic (exact) mass is 346 g/mol. The predicted octanol–water partition coefficient (Wildman–Crippen LogP) is 2.83. The average Bonchev–Trinajstić information content (AvgIpc) is 3.08. The summed E-state index contributed by atoms with van der Waals surface area (Å²) in [5.74, 6) is 2.83. The molecule has 2 N–H and O–H groups in total. The second kappa shape index (κ2) is 7.65. The van der Waals surface area contributed by atoms with E-state index in [1.807, 2.05) is 12.1 Å². The number of hydrogen-bond donors (Lipinski definition) is 2. The third-order valence-electron chi connectivity index (χ3n) is 5.58. The molecule has 0 bridgehead atoms. The van der Waals surface area contributed by atoms with Gasteiger partial charge in [-0.2, -0.15) is 0 Å². The van der Waals surface area contributed by atoms with Crippen molar-refractivity contribution in [2.24, 2.45) is 11.8 Å². The first kappa shape index (κ1) is 18.1. The molecule has 25 heavy (non-hydrogen) atoms. The molecule has 0 saturated carbocycles. The number of nitrogens with one attached hydrogen (secondary N) is 2.